The van der Waals surface area contributed by atoms with Gasteiger partial charge in [0, 0.05) is 15.6 Å². The number of nitrogens with zero attached hydrogens (tertiary/aromatic N) is 2. The lowest BCUT2D eigenvalue weighted by molar-refractivity contribution is -0.123. The van der Waals surface area contributed by atoms with Gasteiger partial charge in [0.25, 0.3) is 11.8 Å². The summed E-state index contributed by atoms with van der Waals surface area (Å²) in [6.45, 7) is 0. The van der Waals surface area contributed by atoms with Gasteiger partial charge >= 0.3 is 0 Å². The molecule has 3 atom stereocenters. The van der Waals surface area contributed by atoms with Crippen molar-refractivity contribution in [2.75, 3.05) is 19.1 Å². The second-order valence-corrected chi connectivity index (χ2v) is 9.63. The van der Waals surface area contributed by atoms with Crippen LogP contribution in [0, 0.1) is 5.92 Å². The highest BCUT2D eigenvalue weighted by atomic mass is 79.9. The highest BCUT2D eigenvalue weighted by Crippen LogP contribution is 2.47. The maximum atomic E-state index is 13.8. The summed E-state index contributed by atoms with van der Waals surface area (Å²) in [4.78, 5) is 42.3. The van der Waals surface area contributed by atoms with E-state index in [0.29, 0.717) is 27.1 Å². The van der Waals surface area contributed by atoms with Crippen LogP contribution in [-0.4, -0.2) is 43.0 Å². The second-order valence-electron chi connectivity index (χ2n) is 8.31. The van der Waals surface area contributed by atoms with Crippen molar-refractivity contribution < 1.29 is 23.9 Å². The Balaban J connectivity index is 1.64. The van der Waals surface area contributed by atoms with Gasteiger partial charge in [0.05, 0.1) is 36.9 Å². The Hall–Kier alpha value is -3.40. The standard InChI is InChI=1S/C26H21BrClN3O5/c1-35-19-12-6-9-16(23(19)36-2)21-20-22(31(29-21)24(32)14-7-5-8-15(27)13-14)26(34)30(25(20)33)18-11-4-3-10-17(18)28/h3-13,20-22,29H,1-2H3. The Morgan fingerprint density at radius 2 is 1.72 bits per heavy atom. The number of benzene rings is 3. The van der Waals surface area contributed by atoms with Crippen LogP contribution in [0.3, 0.4) is 0 Å². The molecular weight excluding hydrogens is 550 g/mol. The van der Waals surface area contributed by atoms with Gasteiger partial charge in [-0.15, -0.1) is 0 Å². The largest absolute Gasteiger partial charge is 0.493 e. The number of para-hydroxylation sites is 2. The lowest BCUT2D eigenvalue weighted by Crippen LogP contribution is -2.48. The minimum Gasteiger partial charge on any atom is -0.493 e. The number of imide groups is 1. The third kappa shape index (κ3) is 3.84. The van der Waals surface area contributed by atoms with Crippen LogP contribution in [0.2, 0.25) is 5.02 Å². The molecule has 2 fully saturated rings. The molecule has 0 radical (unpaired) electrons. The molecule has 2 heterocycles. The summed E-state index contributed by atoms with van der Waals surface area (Å²) in [5.74, 6) is -1.51. The molecule has 1 N–H and O–H groups in total. The van der Waals surface area contributed by atoms with E-state index in [1.807, 2.05) is 0 Å². The van der Waals surface area contributed by atoms with Crippen molar-refractivity contribution >= 4 is 50.9 Å². The molecule has 3 amide bonds. The monoisotopic (exact) mass is 569 g/mol. The number of carbonyl (C=O) groups is 3. The highest BCUT2D eigenvalue weighted by Gasteiger charge is 2.61. The van der Waals surface area contributed by atoms with Crippen LogP contribution in [0.25, 0.3) is 0 Å². The van der Waals surface area contributed by atoms with E-state index >= 15 is 0 Å². The minimum atomic E-state index is -1.10. The zero-order valence-corrected chi connectivity index (χ0v) is 21.6. The van der Waals surface area contributed by atoms with Crippen LogP contribution < -0.4 is 19.8 Å². The van der Waals surface area contributed by atoms with Gasteiger partial charge in [0.1, 0.15) is 6.04 Å². The van der Waals surface area contributed by atoms with Crippen molar-refractivity contribution in [1.82, 2.24) is 10.4 Å². The molecule has 3 aromatic carbocycles. The SMILES string of the molecule is COc1cccc(C2NN(C(=O)c3cccc(Br)c3)C3C(=O)N(c4ccccc4Cl)C(=O)C23)c1OC. The molecule has 3 aromatic rings. The molecule has 2 aliphatic rings. The molecule has 0 aliphatic carbocycles. The third-order valence-corrected chi connectivity index (χ3v) is 7.20. The fraction of sp³-hybridized carbons (Fsp3) is 0.192. The minimum absolute atomic E-state index is 0.257. The van der Waals surface area contributed by atoms with E-state index in [2.05, 4.69) is 21.4 Å². The van der Waals surface area contributed by atoms with Crippen molar-refractivity contribution in [1.29, 1.82) is 0 Å². The lowest BCUT2D eigenvalue weighted by Gasteiger charge is -2.26. The lowest BCUT2D eigenvalue weighted by atomic mass is 9.90. The normalized spacial score (nSPS) is 21.1. The van der Waals surface area contributed by atoms with Gasteiger partial charge in [-0.3, -0.25) is 19.4 Å². The van der Waals surface area contributed by atoms with Crippen molar-refractivity contribution in [3.05, 3.63) is 87.4 Å². The topological polar surface area (TPSA) is 88.2 Å². The number of amides is 3. The number of methoxy groups -OCH3 is 2. The molecule has 2 saturated heterocycles. The van der Waals surface area contributed by atoms with E-state index < -0.39 is 35.7 Å². The molecule has 0 bridgehead atoms. The third-order valence-electron chi connectivity index (χ3n) is 6.39. The Kier molecular flexibility index (Phi) is 6.46. The molecular formula is C26H21BrClN3O5. The number of rotatable bonds is 5. The first-order valence-corrected chi connectivity index (χ1v) is 12.2. The van der Waals surface area contributed by atoms with Crippen LogP contribution in [-0.2, 0) is 9.59 Å². The Labute approximate surface area is 220 Å². The van der Waals surface area contributed by atoms with Crippen LogP contribution in [0.15, 0.2) is 71.2 Å². The number of hydrazine groups is 1. The van der Waals surface area contributed by atoms with Crippen LogP contribution in [0.5, 0.6) is 11.5 Å². The Bertz CT molecular complexity index is 1380. The average Bonchev–Trinajstić information content (AvgIpc) is 3.40. The van der Waals surface area contributed by atoms with Crippen molar-refractivity contribution in [3.63, 3.8) is 0 Å². The van der Waals surface area contributed by atoms with Gasteiger partial charge in [-0.2, -0.15) is 0 Å². The molecule has 8 nitrogen and oxygen atoms in total. The van der Waals surface area contributed by atoms with Crippen molar-refractivity contribution in [2.24, 2.45) is 5.92 Å². The van der Waals surface area contributed by atoms with E-state index in [-0.39, 0.29) is 10.7 Å². The summed E-state index contributed by atoms with van der Waals surface area (Å²) in [7, 11) is 3.01. The first kappa shape index (κ1) is 24.3. The van der Waals surface area contributed by atoms with Crippen molar-refractivity contribution in [2.45, 2.75) is 12.1 Å². The maximum absolute atomic E-state index is 13.8. The fourth-order valence-corrected chi connectivity index (χ4v) is 5.44. The molecule has 0 aromatic heterocycles. The Morgan fingerprint density at radius 3 is 2.42 bits per heavy atom. The number of fused-ring (bicyclic) bond motifs is 1. The van der Waals surface area contributed by atoms with Gasteiger partial charge in [0.15, 0.2) is 11.5 Å². The summed E-state index contributed by atoms with van der Waals surface area (Å²) in [6, 6.07) is 16.9. The number of carbonyl (C=O) groups excluding carboxylic acids is 3. The van der Waals surface area contributed by atoms with Crippen molar-refractivity contribution in [3.8, 4) is 11.5 Å². The highest BCUT2D eigenvalue weighted by molar-refractivity contribution is 9.10. The van der Waals surface area contributed by atoms with Crippen LogP contribution in [0.4, 0.5) is 5.69 Å². The fourth-order valence-electron chi connectivity index (χ4n) is 4.82. The van der Waals surface area contributed by atoms with Crippen LogP contribution >= 0.6 is 27.5 Å². The number of hydrogen-bond acceptors (Lipinski definition) is 6. The first-order valence-electron chi connectivity index (χ1n) is 11.1. The number of halogens is 2. The van der Waals surface area contributed by atoms with E-state index in [0.717, 1.165) is 4.90 Å². The van der Waals surface area contributed by atoms with E-state index in [1.165, 1.54) is 19.2 Å². The van der Waals surface area contributed by atoms with Gasteiger partial charge in [-0.05, 0) is 36.4 Å². The predicted molar refractivity (Wildman–Crippen MR) is 137 cm³/mol. The molecule has 0 spiro atoms. The molecule has 2 aliphatic heterocycles. The Morgan fingerprint density at radius 1 is 0.972 bits per heavy atom. The van der Waals surface area contributed by atoms with E-state index in [9.17, 15) is 14.4 Å². The molecule has 10 heteroatoms. The number of ether oxygens (including phenoxy) is 2. The molecule has 184 valence electrons. The summed E-state index contributed by atoms with van der Waals surface area (Å²) < 4.78 is 11.8. The van der Waals surface area contributed by atoms with Crippen LogP contribution in [0.1, 0.15) is 22.0 Å². The van der Waals surface area contributed by atoms with Gasteiger partial charge in [0.2, 0.25) is 5.91 Å². The van der Waals surface area contributed by atoms with E-state index in [4.69, 9.17) is 21.1 Å². The number of nitrogens with one attached hydrogen (secondary N) is 1. The molecule has 0 saturated carbocycles. The molecule has 5 rings (SSSR count). The average molecular weight is 571 g/mol. The maximum Gasteiger partial charge on any atom is 0.268 e. The van der Waals surface area contributed by atoms with Gasteiger partial charge < -0.3 is 9.47 Å². The quantitative estimate of drug-likeness (QED) is 0.458. The zero-order valence-electron chi connectivity index (χ0n) is 19.3. The molecule has 36 heavy (non-hydrogen) atoms. The second kappa shape index (κ2) is 9.57. The van der Waals surface area contributed by atoms with E-state index in [1.54, 1.807) is 66.7 Å². The number of hydrogen-bond donors (Lipinski definition) is 1. The molecule has 3 unspecified atom stereocenters. The zero-order chi connectivity index (χ0) is 25.6. The smallest absolute Gasteiger partial charge is 0.268 e. The van der Waals surface area contributed by atoms with Gasteiger partial charge in [-0.1, -0.05) is 57.9 Å². The summed E-state index contributed by atoms with van der Waals surface area (Å²) in [5.41, 5.74) is 4.34. The van der Waals surface area contributed by atoms with Gasteiger partial charge in [-0.25, -0.2) is 10.3 Å². The summed E-state index contributed by atoms with van der Waals surface area (Å²) in [5, 5.41) is 1.50. The predicted octanol–water partition coefficient (Wildman–Crippen LogP) is 4.38. The summed E-state index contributed by atoms with van der Waals surface area (Å²) in [6.07, 6.45) is 0. The first-order chi connectivity index (χ1) is 17.4. The summed E-state index contributed by atoms with van der Waals surface area (Å²) >= 11 is 9.74. The number of anilines is 1.